The van der Waals surface area contributed by atoms with Crippen LogP contribution in [-0.2, 0) is 4.74 Å². The van der Waals surface area contributed by atoms with Gasteiger partial charge in [0.05, 0.1) is 19.6 Å². The number of furan rings is 1. The summed E-state index contributed by atoms with van der Waals surface area (Å²) in [6.07, 6.45) is 2.27. The Hall–Kier alpha value is -1.78. The minimum absolute atomic E-state index is 0.561. The summed E-state index contributed by atoms with van der Waals surface area (Å²) in [5, 5.41) is 3.54. The summed E-state index contributed by atoms with van der Waals surface area (Å²) in [6, 6.07) is 3.43. The van der Waals surface area contributed by atoms with Crippen LogP contribution in [0.3, 0.4) is 0 Å². The van der Waals surface area contributed by atoms with E-state index in [1.165, 1.54) is 19.6 Å². The van der Waals surface area contributed by atoms with Gasteiger partial charge in [-0.1, -0.05) is 0 Å². The molecule has 0 atom stereocenters. The van der Waals surface area contributed by atoms with Crippen LogP contribution in [0.4, 0.5) is 4.79 Å². The number of nitrogens with zero attached hydrogens (tertiary/aromatic N) is 1. The second kappa shape index (κ2) is 4.17. The highest BCUT2D eigenvalue weighted by Crippen LogP contribution is 1.94. The maximum Gasteiger partial charge on any atom is 0.427 e. The average Bonchev–Trinajstić information content (AvgIpc) is 2.57. The molecule has 0 spiro atoms. The lowest BCUT2D eigenvalue weighted by Crippen LogP contribution is -2.16. The average molecular weight is 168 g/mol. The predicted molar refractivity (Wildman–Crippen MR) is 41.8 cm³/mol. The van der Waals surface area contributed by atoms with Crippen LogP contribution in [0.5, 0.6) is 0 Å². The number of carbonyl (C=O) groups excluding carboxylic acids is 1. The van der Waals surface area contributed by atoms with Crippen molar-refractivity contribution in [1.29, 1.82) is 0 Å². The number of amides is 1. The van der Waals surface area contributed by atoms with Gasteiger partial charge in [-0.05, 0) is 12.1 Å². The normalized spacial score (nSPS) is 10.1. The summed E-state index contributed by atoms with van der Waals surface area (Å²) in [5.41, 5.74) is 2.12. The number of hydrogen-bond donors (Lipinski definition) is 1. The van der Waals surface area contributed by atoms with E-state index in [0.717, 1.165) is 0 Å². The maximum atomic E-state index is 10.5. The minimum Gasteiger partial charge on any atom is -0.463 e. The van der Waals surface area contributed by atoms with Crippen LogP contribution in [0.15, 0.2) is 27.9 Å². The molecule has 0 saturated carbocycles. The third-order valence-corrected chi connectivity index (χ3v) is 1.08. The molecule has 0 aliphatic carbocycles. The first-order valence-electron chi connectivity index (χ1n) is 3.23. The topological polar surface area (TPSA) is 63.8 Å². The first-order valence-corrected chi connectivity index (χ1v) is 3.23. The van der Waals surface area contributed by atoms with E-state index >= 15 is 0 Å². The fourth-order valence-corrected chi connectivity index (χ4v) is 0.559. The molecule has 5 nitrogen and oxygen atoms in total. The van der Waals surface area contributed by atoms with Crippen molar-refractivity contribution in [2.24, 2.45) is 5.10 Å². The third kappa shape index (κ3) is 2.45. The van der Waals surface area contributed by atoms with Crippen LogP contribution in [-0.4, -0.2) is 19.4 Å². The van der Waals surface area contributed by atoms with Gasteiger partial charge in [0, 0.05) is 0 Å². The molecule has 12 heavy (non-hydrogen) atoms. The van der Waals surface area contributed by atoms with Crippen molar-refractivity contribution >= 4 is 12.3 Å². The first kappa shape index (κ1) is 8.32. The van der Waals surface area contributed by atoms with Crippen LogP contribution >= 0.6 is 0 Å². The van der Waals surface area contributed by atoms with Crippen LogP contribution in [0.1, 0.15) is 5.76 Å². The number of ether oxygens (including phenoxy) is 1. The second-order valence-corrected chi connectivity index (χ2v) is 1.88. The lowest BCUT2D eigenvalue weighted by atomic mass is 10.5. The van der Waals surface area contributed by atoms with Gasteiger partial charge in [0.25, 0.3) is 0 Å². The van der Waals surface area contributed by atoms with Gasteiger partial charge in [-0.15, -0.1) is 0 Å². The number of carbonyl (C=O) groups is 1. The maximum absolute atomic E-state index is 10.5. The largest absolute Gasteiger partial charge is 0.463 e. The van der Waals surface area contributed by atoms with Crippen LogP contribution in [0.2, 0.25) is 0 Å². The number of hydrogen-bond acceptors (Lipinski definition) is 4. The zero-order chi connectivity index (χ0) is 8.81. The highest BCUT2D eigenvalue weighted by atomic mass is 16.5. The van der Waals surface area contributed by atoms with Crippen LogP contribution in [0, 0.1) is 0 Å². The highest BCUT2D eigenvalue weighted by molar-refractivity contribution is 5.77. The van der Waals surface area contributed by atoms with E-state index in [2.05, 4.69) is 15.3 Å². The van der Waals surface area contributed by atoms with E-state index in [1.807, 2.05) is 0 Å². The zero-order valence-electron chi connectivity index (χ0n) is 6.48. The van der Waals surface area contributed by atoms with Crippen molar-refractivity contribution in [3.63, 3.8) is 0 Å². The quantitative estimate of drug-likeness (QED) is 0.528. The molecule has 1 rings (SSSR count). The zero-order valence-corrected chi connectivity index (χ0v) is 6.48. The number of nitrogens with one attached hydrogen (secondary N) is 1. The van der Waals surface area contributed by atoms with Crippen molar-refractivity contribution < 1.29 is 13.9 Å². The molecular weight excluding hydrogens is 160 g/mol. The second-order valence-electron chi connectivity index (χ2n) is 1.88. The Balaban J connectivity index is 2.37. The van der Waals surface area contributed by atoms with Crippen molar-refractivity contribution in [2.45, 2.75) is 0 Å². The Morgan fingerprint density at radius 2 is 2.67 bits per heavy atom. The van der Waals surface area contributed by atoms with E-state index < -0.39 is 6.09 Å². The predicted octanol–water partition coefficient (Wildman–Crippen LogP) is 0.970. The van der Waals surface area contributed by atoms with E-state index in [4.69, 9.17) is 4.42 Å². The molecule has 1 aromatic rings. The molecule has 64 valence electrons. The van der Waals surface area contributed by atoms with E-state index in [9.17, 15) is 4.79 Å². The van der Waals surface area contributed by atoms with Gasteiger partial charge in [-0.3, -0.25) is 0 Å². The van der Waals surface area contributed by atoms with E-state index in [1.54, 1.807) is 12.1 Å². The van der Waals surface area contributed by atoms with Crippen LogP contribution < -0.4 is 5.43 Å². The van der Waals surface area contributed by atoms with Crippen molar-refractivity contribution in [2.75, 3.05) is 7.11 Å². The summed E-state index contributed by atoms with van der Waals surface area (Å²) in [5.74, 6) is 0.561. The Kier molecular flexibility index (Phi) is 2.89. The smallest absolute Gasteiger partial charge is 0.427 e. The molecule has 1 N–H and O–H groups in total. The monoisotopic (exact) mass is 168 g/mol. The molecule has 0 bridgehead atoms. The van der Waals surface area contributed by atoms with E-state index in [-0.39, 0.29) is 0 Å². The molecule has 1 amide bonds. The number of rotatable bonds is 2. The van der Waals surface area contributed by atoms with Gasteiger partial charge < -0.3 is 9.15 Å². The summed E-state index contributed by atoms with van der Waals surface area (Å²) in [7, 11) is 1.26. The molecule has 0 saturated heterocycles. The van der Waals surface area contributed by atoms with Gasteiger partial charge in [-0.2, -0.15) is 5.10 Å². The molecule has 0 aromatic carbocycles. The molecule has 0 aliphatic heterocycles. The van der Waals surface area contributed by atoms with Crippen molar-refractivity contribution in [1.82, 2.24) is 5.43 Å². The molecule has 0 radical (unpaired) electrons. The molecule has 0 unspecified atom stereocenters. The summed E-state index contributed by atoms with van der Waals surface area (Å²) in [4.78, 5) is 10.5. The Bertz CT molecular complexity index is 266. The third-order valence-electron chi connectivity index (χ3n) is 1.08. The van der Waals surface area contributed by atoms with Crippen molar-refractivity contribution in [3.05, 3.63) is 24.2 Å². The summed E-state index contributed by atoms with van der Waals surface area (Å²) >= 11 is 0. The van der Waals surface area contributed by atoms with Gasteiger partial charge >= 0.3 is 6.09 Å². The lowest BCUT2D eigenvalue weighted by molar-refractivity contribution is 0.171. The van der Waals surface area contributed by atoms with Crippen molar-refractivity contribution in [3.8, 4) is 0 Å². The summed E-state index contributed by atoms with van der Waals surface area (Å²) < 4.78 is 9.18. The standard InChI is InChI=1S/C7H8N2O3/c1-11-7(10)9-8-5-6-3-2-4-12-6/h2-5H,1H3,(H,9,10)/b8-5+. The van der Waals surface area contributed by atoms with Gasteiger partial charge in [0.2, 0.25) is 0 Å². The molecule has 1 heterocycles. The van der Waals surface area contributed by atoms with Gasteiger partial charge in [0.15, 0.2) is 0 Å². The number of hydrazone groups is 1. The fourth-order valence-electron chi connectivity index (χ4n) is 0.559. The Morgan fingerprint density at radius 3 is 3.25 bits per heavy atom. The van der Waals surface area contributed by atoms with Crippen LogP contribution in [0.25, 0.3) is 0 Å². The summed E-state index contributed by atoms with van der Waals surface area (Å²) in [6.45, 7) is 0. The molecule has 5 heteroatoms. The molecular formula is C7H8N2O3. The Labute approximate surface area is 69.0 Å². The van der Waals surface area contributed by atoms with Gasteiger partial charge in [0.1, 0.15) is 5.76 Å². The molecule has 0 aliphatic rings. The first-order chi connectivity index (χ1) is 5.83. The fraction of sp³-hybridized carbons (Fsp3) is 0.143. The van der Waals surface area contributed by atoms with E-state index in [0.29, 0.717) is 5.76 Å². The molecule has 0 fully saturated rings. The molecule has 1 aromatic heterocycles. The highest BCUT2D eigenvalue weighted by Gasteiger charge is 1.93. The van der Waals surface area contributed by atoms with Gasteiger partial charge in [-0.25, -0.2) is 10.2 Å². The lowest BCUT2D eigenvalue weighted by Gasteiger charge is -1.93. The number of methoxy groups -OCH3 is 1. The SMILES string of the molecule is COC(=O)N/N=C/c1ccco1. The minimum atomic E-state index is -0.613. The Morgan fingerprint density at radius 1 is 1.83 bits per heavy atom.